The smallest absolute Gasteiger partial charge is 0.253 e. The average Bonchev–Trinajstić information content (AvgIpc) is 2.80. The van der Waals surface area contributed by atoms with Crippen LogP contribution in [0.4, 0.5) is 0 Å². The van der Waals surface area contributed by atoms with E-state index in [1.165, 1.54) is 0 Å². The van der Waals surface area contributed by atoms with Gasteiger partial charge in [-0.15, -0.1) is 0 Å². The fourth-order valence-electron chi connectivity index (χ4n) is 4.04. The van der Waals surface area contributed by atoms with Gasteiger partial charge in [0.2, 0.25) is 10.0 Å². The Bertz CT molecular complexity index is 950. The molecule has 1 aromatic carbocycles. The van der Waals surface area contributed by atoms with Gasteiger partial charge in [-0.3, -0.25) is 14.7 Å². The van der Waals surface area contributed by atoms with Crippen molar-refractivity contribution in [3.63, 3.8) is 0 Å². The van der Waals surface area contributed by atoms with Crippen LogP contribution in [0.5, 0.6) is 0 Å². The summed E-state index contributed by atoms with van der Waals surface area (Å²) in [6.07, 6.45) is 4.68. The molecule has 0 aliphatic carbocycles. The second-order valence-electron chi connectivity index (χ2n) is 7.88. The largest absolute Gasteiger partial charge is 0.336 e. The molecule has 7 nitrogen and oxygen atoms in total. The van der Waals surface area contributed by atoms with Gasteiger partial charge >= 0.3 is 0 Å². The van der Waals surface area contributed by atoms with Crippen LogP contribution in [0.3, 0.4) is 0 Å². The van der Waals surface area contributed by atoms with Crippen LogP contribution in [-0.4, -0.2) is 72.7 Å². The number of piperazine rings is 1. The van der Waals surface area contributed by atoms with E-state index >= 15 is 0 Å². The van der Waals surface area contributed by atoms with Crippen LogP contribution in [0.1, 0.15) is 35.3 Å². The summed E-state index contributed by atoms with van der Waals surface area (Å²) < 4.78 is 27.1. The van der Waals surface area contributed by atoms with Crippen molar-refractivity contribution in [1.82, 2.24) is 19.1 Å². The molecule has 1 aromatic heterocycles. The number of amides is 1. The molecule has 2 aromatic rings. The lowest BCUT2D eigenvalue weighted by Crippen LogP contribution is -2.48. The first-order valence-electron chi connectivity index (χ1n) is 10.6. The second-order valence-corrected chi connectivity index (χ2v) is 9.82. The Hall–Kier alpha value is -2.29. The molecule has 0 bridgehead atoms. The summed E-state index contributed by atoms with van der Waals surface area (Å²) in [6, 6.07) is 12.3. The van der Waals surface area contributed by atoms with Crippen LogP contribution in [0.2, 0.25) is 0 Å². The number of benzene rings is 1. The maximum Gasteiger partial charge on any atom is 0.253 e. The van der Waals surface area contributed by atoms with Gasteiger partial charge in [0, 0.05) is 57.6 Å². The third-order valence-electron chi connectivity index (χ3n) is 5.83. The zero-order valence-corrected chi connectivity index (χ0v) is 17.9. The van der Waals surface area contributed by atoms with Crippen molar-refractivity contribution < 1.29 is 13.2 Å². The first kappa shape index (κ1) is 21.0. The van der Waals surface area contributed by atoms with Crippen molar-refractivity contribution in [3.05, 3.63) is 59.9 Å². The van der Waals surface area contributed by atoms with Crippen LogP contribution in [0.15, 0.2) is 53.6 Å². The number of sulfonamides is 1. The predicted octanol–water partition coefficient (Wildman–Crippen LogP) is 2.21. The quantitative estimate of drug-likeness (QED) is 0.730. The summed E-state index contributed by atoms with van der Waals surface area (Å²) in [5.41, 5.74) is 1.56. The third-order valence-corrected chi connectivity index (χ3v) is 7.74. The number of nitrogens with zero attached hydrogens (tertiary/aromatic N) is 4. The molecule has 0 saturated carbocycles. The molecule has 0 radical (unpaired) electrons. The molecule has 0 spiro atoms. The van der Waals surface area contributed by atoms with Crippen LogP contribution < -0.4 is 0 Å². The Morgan fingerprint density at radius 3 is 2.20 bits per heavy atom. The van der Waals surface area contributed by atoms with E-state index in [9.17, 15) is 13.2 Å². The van der Waals surface area contributed by atoms with E-state index in [0.717, 1.165) is 44.6 Å². The summed E-state index contributed by atoms with van der Waals surface area (Å²) in [7, 11) is -3.47. The number of carbonyl (C=O) groups excluding carboxylic acids is 1. The summed E-state index contributed by atoms with van der Waals surface area (Å²) in [6.45, 7) is 4.83. The highest BCUT2D eigenvalue weighted by Crippen LogP contribution is 2.21. The van der Waals surface area contributed by atoms with Crippen molar-refractivity contribution in [1.29, 1.82) is 0 Å². The minimum atomic E-state index is -3.47. The van der Waals surface area contributed by atoms with Gasteiger partial charge < -0.3 is 4.90 Å². The zero-order chi connectivity index (χ0) is 21.0. The second kappa shape index (κ2) is 9.24. The van der Waals surface area contributed by atoms with Crippen molar-refractivity contribution in [2.24, 2.45) is 0 Å². The van der Waals surface area contributed by atoms with E-state index in [-0.39, 0.29) is 10.8 Å². The van der Waals surface area contributed by atoms with Crippen LogP contribution >= 0.6 is 0 Å². The van der Waals surface area contributed by atoms with Gasteiger partial charge in [-0.2, -0.15) is 4.31 Å². The molecule has 2 aliphatic rings. The Labute approximate surface area is 178 Å². The molecular weight excluding hydrogens is 400 g/mol. The van der Waals surface area contributed by atoms with Crippen molar-refractivity contribution in [2.45, 2.75) is 30.7 Å². The summed E-state index contributed by atoms with van der Waals surface area (Å²) in [5, 5.41) is 0. The van der Waals surface area contributed by atoms with Gasteiger partial charge in [0.05, 0.1) is 10.6 Å². The highest BCUT2D eigenvalue weighted by atomic mass is 32.2. The first-order valence-corrected chi connectivity index (χ1v) is 12.0. The number of carbonyl (C=O) groups is 1. The lowest BCUT2D eigenvalue weighted by atomic mass is 10.2. The molecular formula is C22H28N4O3S. The third kappa shape index (κ3) is 4.71. The maximum atomic E-state index is 12.9. The molecule has 3 heterocycles. The van der Waals surface area contributed by atoms with Crippen molar-refractivity contribution >= 4 is 15.9 Å². The molecule has 8 heteroatoms. The molecule has 2 fully saturated rings. The highest BCUT2D eigenvalue weighted by molar-refractivity contribution is 7.89. The number of aromatic nitrogens is 1. The van der Waals surface area contributed by atoms with Gasteiger partial charge in [0.15, 0.2) is 0 Å². The van der Waals surface area contributed by atoms with Gasteiger partial charge in [-0.05, 0) is 49.2 Å². The Balaban J connectivity index is 1.35. The van der Waals surface area contributed by atoms with E-state index < -0.39 is 10.0 Å². The first-order chi connectivity index (χ1) is 14.5. The molecule has 2 saturated heterocycles. The minimum Gasteiger partial charge on any atom is -0.336 e. The lowest BCUT2D eigenvalue weighted by molar-refractivity contribution is 0.0627. The van der Waals surface area contributed by atoms with Gasteiger partial charge in [-0.1, -0.05) is 12.5 Å². The van der Waals surface area contributed by atoms with Crippen LogP contribution in [0, 0.1) is 0 Å². The topological polar surface area (TPSA) is 73.8 Å². The molecule has 0 atom stereocenters. The number of rotatable bonds is 5. The Morgan fingerprint density at radius 2 is 1.57 bits per heavy atom. The van der Waals surface area contributed by atoms with Gasteiger partial charge in [-0.25, -0.2) is 8.42 Å². The van der Waals surface area contributed by atoms with Crippen LogP contribution in [-0.2, 0) is 16.6 Å². The summed E-state index contributed by atoms with van der Waals surface area (Å²) in [5.74, 6) is -0.0468. The Kier molecular flexibility index (Phi) is 6.46. The minimum absolute atomic E-state index is 0.0468. The average molecular weight is 429 g/mol. The summed E-state index contributed by atoms with van der Waals surface area (Å²) >= 11 is 0. The predicted molar refractivity (Wildman–Crippen MR) is 114 cm³/mol. The number of hydrogen-bond donors (Lipinski definition) is 0. The molecule has 0 unspecified atom stereocenters. The van der Waals surface area contributed by atoms with E-state index in [1.807, 2.05) is 23.1 Å². The monoisotopic (exact) mass is 428 g/mol. The Morgan fingerprint density at radius 1 is 0.867 bits per heavy atom. The van der Waals surface area contributed by atoms with Gasteiger partial charge in [0.25, 0.3) is 5.91 Å². The summed E-state index contributed by atoms with van der Waals surface area (Å²) in [4.78, 5) is 21.6. The maximum absolute atomic E-state index is 12.9. The number of piperidine rings is 1. The lowest BCUT2D eigenvalue weighted by Gasteiger charge is -2.34. The molecule has 4 rings (SSSR count). The van der Waals surface area contributed by atoms with Crippen molar-refractivity contribution in [2.75, 3.05) is 39.3 Å². The van der Waals surface area contributed by atoms with E-state index in [4.69, 9.17) is 0 Å². The molecule has 30 heavy (non-hydrogen) atoms. The molecule has 1 amide bonds. The highest BCUT2D eigenvalue weighted by Gasteiger charge is 2.27. The standard InChI is InChI=1S/C22H28N4O3S/c27-22(25-16-14-24(15-17-25)18-20-6-2-3-11-23-20)19-7-9-21(10-8-19)30(28,29)26-12-4-1-5-13-26/h2-3,6-11H,1,4-5,12-18H2. The molecule has 0 N–H and O–H groups in total. The van der Waals surface area contributed by atoms with E-state index in [0.29, 0.717) is 31.7 Å². The normalized spacial score (nSPS) is 19.0. The van der Waals surface area contributed by atoms with Crippen LogP contribution in [0.25, 0.3) is 0 Å². The fourth-order valence-corrected chi connectivity index (χ4v) is 5.55. The van der Waals surface area contributed by atoms with Crippen molar-refractivity contribution in [3.8, 4) is 0 Å². The SMILES string of the molecule is O=C(c1ccc(S(=O)(=O)N2CCCCC2)cc1)N1CCN(Cc2ccccn2)CC1. The fraction of sp³-hybridized carbons (Fsp3) is 0.455. The van der Waals surface area contributed by atoms with E-state index in [2.05, 4.69) is 9.88 Å². The molecule has 2 aliphatic heterocycles. The zero-order valence-electron chi connectivity index (χ0n) is 17.1. The van der Waals surface area contributed by atoms with Gasteiger partial charge in [0.1, 0.15) is 0 Å². The van der Waals surface area contributed by atoms with E-state index in [1.54, 1.807) is 34.8 Å². The number of pyridine rings is 1. The number of hydrogen-bond acceptors (Lipinski definition) is 5. The molecule has 160 valence electrons.